The normalized spacial score (nSPS) is 18.4. The van der Waals surface area contributed by atoms with Crippen LogP contribution in [0, 0.1) is 0 Å². The highest BCUT2D eigenvalue weighted by Gasteiger charge is 2.37. The van der Waals surface area contributed by atoms with Crippen LogP contribution in [0.1, 0.15) is 32.1 Å². The van der Waals surface area contributed by atoms with E-state index in [1.807, 2.05) is 12.5 Å². The summed E-state index contributed by atoms with van der Waals surface area (Å²) in [6.45, 7) is 1.18. The topological polar surface area (TPSA) is 66.5 Å². The first kappa shape index (κ1) is 18.4. The lowest BCUT2D eigenvalue weighted by Crippen LogP contribution is -2.32. The van der Waals surface area contributed by atoms with Crippen LogP contribution in [-0.2, 0) is 14.4 Å². The Balaban J connectivity index is 2.08. The molecule has 5 nitrogen and oxygen atoms in total. The number of hydrogen-bond acceptors (Lipinski definition) is 5. The lowest BCUT2D eigenvalue weighted by atomic mass is 10.2. The van der Waals surface area contributed by atoms with E-state index in [2.05, 4.69) is 5.32 Å². The minimum Gasteiger partial charge on any atom is -0.356 e. The number of unbranched alkanes of at least 4 members (excludes halogenated alkanes) is 2. The number of thioether (sulfide) groups is 2. The van der Waals surface area contributed by atoms with Crippen LogP contribution in [0.15, 0.2) is 0 Å². The van der Waals surface area contributed by atoms with Crippen molar-refractivity contribution in [2.24, 2.45) is 0 Å². The van der Waals surface area contributed by atoms with Crippen LogP contribution in [0.4, 0.5) is 0 Å². The molecular weight excluding hydrogens is 308 g/mol. The van der Waals surface area contributed by atoms with Crippen LogP contribution in [0.3, 0.4) is 0 Å². The van der Waals surface area contributed by atoms with Crippen LogP contribution in [0.2, 0.25) is 0 Å². The number of imide groups is 1. The maximum absolute atomic E-state index is 11.9. The predicted octanol–water partition coefficient (Wildman–Crippen LogP) is 1.52. The minimum absolute atomic E-state index is 0.0436. The molecule has 1 heterocycles. The van der Waals surface area contributed by atoms with Crippen molar-refractivity contribution in [3.05, 3.63) is 0 Å². The molecule has 21 heavy (non-hydrogen) atoms. The predicted molar refractivity (Wildman–Crippen MR) is 88.5 cm³/mol. The summed E-state index contributed by atoms with van der Waals surface area (Å²) in [6, 6.07) is 0. The van der Waals surface area contributed by atoms with Gasteiger partial charge in [-0.2, -0.15) is 23.5 Å². The smallest absolute Gasteiger partial charge is 0.242 e. The van der Waals surface area contributed by atoms with Crippen LogP contribution in [0.5, 0.6) is 0 Å². The van der Waals surface area contributed by atoms with Gasteiger partial charge in [0.15, 0.2) is 0 Å². The number of nitrogens with one attached hydrogen (secondary N) is 1. The molecule has 1 aliphatic heterocycles. The minimum atomic E-state index is -0.187. The van der Waals surface area contributed by atoms with Crippen LogP contribution in [0.25, 0.3) is 0 Å². The number of carbonyl (C=O) groups excluding carboxylic acids is 3. The van der Waals surface area contributed by atoms with Gasteiger partial charge in [-0.3, -0.25) is 19.3 Å². The summed E-state index contributed by atoms with van der Waals surface area (Å²) in [4.78, 5) is 36.3. The van der Waals surface area contributed by atoms with E-state index in [0.717, 1.165) is 25.0 Å². The maximum atomic E-state index is 11.9. The molecule has 0 spiro atoms. The molecule has 7 heteroatoms. The summed E-state index contributed by atoms with van der Waals surface area (Å²) in [7, 11) is 0. The lowest BCUT2D eigenvalue weighted by molar-refractivity contribution is -0.138. The standard InChI is InChI=1S/C14H24N2O3S2/c1-20-9-6-12(17)15-7-4-3-5-8-16-13(18)10-11(21-2)14(16)19/h11H,3-10H2,1-2H3,(H,15,17). The third-order valence-electron chi connectivity index (χ3n) is 3.40. The zero-order valence-electron chi connectivity index (χ0n) is 12.7. The SMILES string of the molecule is CSCCC(=O)NCCCCCN1C(=O)CC(SC)C1=O. The second-order valence-corrected chi connectivity index (χ2v) is 6.99. The van der Waals surface area contributed by atoms with Gasteiger partial charge in [0.25, 0.3) is 0 Å². The van der Waals surface area contributed by atoms with E-state index in [4.69, 9.17) is 0 Å². The van der Waals surface area contributed by atoms with Gasteiger partial charge < -0.3 is 5.32 Å². The van der Waals surface area contributed by atoms with Gasteiger partial charge >= 0.3 is 0 Å². The number of nitrogens with zero attached hydrogens (tertiary/aromatic N) is 1. The molecule has 1 unspecified atom stereocenters. The molecule has 1 N–H and O–H groups in total. The van der Waals surface area contributed by atoms with Crippen molar-refractivity contribution < 1.29 is 14.4 Å². The van der Waals surface area contributed by atoms with Gasteiger partial charge in [0.2, 0.25) is 17.7 Å². The molecule has 1 fully saturated rings. The molecule has 1 saturated heterocycles. The molecule has 0 aromatic heterocycles. The molecule has 0 saturated carbocycles. The molecule has 1 rings (SSSR count). The van der Waals surface area contributed by atoms with Crippen molar-refractivity contribution in [3.8, 4) is 0 Å². The third kappa shape index (κ3) is 6.30. The van der Waals surface area contributed by atoms with E-state index < -0.39 is 0 Å². The van der Waals surface area contributed by atoms with Crippen molar-refractivity contribution in [1.29, 1.82) is 0 Å². The van der Waals surface area contributed by atoms with E-state index in [9.17, 15) is 14.4 Å². The summed E-state index contributed by atoms with van der Waals surface area (Å²) in [5, 5.41) is 2.69. The third-order valence-corrected chi connectivity index (χ3v) is 4.95. The molecule has 3 amide bonds. The molecule has 0 bridgehead atoms. The fourth-order valence-electron chi connectivity index (χ4n) is 2.15. The fourth-order valence-corrected chi connectivity index (χ4v) is 3.18. The van der Waals surface area contributed by atoms with Gasteiger partial charge in [-0.05, 0) is 31.8 Å². The lowest BCUT2D eigenvalue weighted by Gasteiger charge is -2.14. The van der Waals surface area contributed by atoms with Crippen molar-refractivity contribution in [2.75, 3.05) is 31.4 Å². The molecule has 0 aromatic rings. The first-order chi connectivity index (χ1) is 10.1. The van der Waals surface area contributed by atoms with Crippen molar-refractivity contribution in [1.82, 2.24) is 10.2 Å². The number of rotatable bonds is 10. The van der Waals surface area contributed by atoms with E-state index >= 15 is 0 Å². The van der Waals surface area contributed by atoms with Crippen LogP contribution >= 0.6 is 23.5 Å². The maximum Gasteiger partial charge on any atom is 0.242 e. The van der Waals surface area contributed by atoms with Gasteiger partial charge in [-0.15, -0.1) is 0 Å². The van der Waals surface area contributed by atoms with Crippen molar-refractivity contribution >= 4 is 41.2 Å². The molecule has 0 aromatic carbocycles. The van der Waals surface area contributed by atoms with Crippen molar-refractivity contribution in [3.63, 3.8) is 0 Å². The van der Waals surface area contributed by atoms with Gasteiger partial charge in [0, 0.05) is 31.7 Å². The number of hydrogen-bond donors (Lipinski definition) is 1. The van der Waals surface area contributed by atoms with Crippen LogP contribution in [-0.4, -0.2) is 59.2 Å². The van der Waals surface area contributed by atoms with E-state index in [1.165, 1.54) is 16.7 Å². The zero-order valence-corrected chi connectivity index (χ0v) is 14.4. The Morgan fingerprint density at radius 3 is 2.67 bits per heavy atom. The molecule has 1 aliphatic rings. The highest BCUT2D eigenvalue weighted by molar-refractivity contribution is 8.00. The second kappa shape index (κ2) is 10.1. The monoisotopic (exact) mass is 332 g/mol. The highest BCUT2D eigenvalue weighted by atomic mass is 32.2. The van der Waals surface area contributed by atoms with Gasteiger partial charge in [0.1, 0.15) is 0 Å². The van der Waals surface area contributed by atoms with Crippen LogP contribution < -0.4 is 5.32 Å². The summed E-state index contributed by atoms with van der Waals surface area (Å²) in [6.07, 6.45) is 7.34. The summed E-state index contributed by atoms with van der Waals surface area (Å²) in [5.74, 6) is 0.849. The van der Waals surface area contributed by atoms with Gasteiger partial charge in [-0.25, -0.2) is 0 Å². The Labute approximate surface area is 135 Å². The van der Waals surface area contributed by atoms with Crippen molar-refractivity contribution in [2.45, 2.75) is 37.4 Å². The fraction of sp³-hybridized carbons (Fsp3) is 0.786. The van der Waals surface area contributed by atoms with E-state index in [-0.39, 0.29) is 23.0 Å². The Morgan fingerprint density at radius 2 is 2.05 bits per heavy atom. The second-order valence-electron chi connectivity index (χ2n) is 4.97. The number of likely N-dealkylation sites (tertiary alicyclic amines) is 1. The highest BCUT2D eigenvalue weighted by Crippen LogP contribution is 2.23. The average Bonchev–Trinajstić information content (AvgIpc) is 2.75. The molecule has 0 radical (unpaired) electrons. The van der Waals surface area contributed by atoms with Gasteiger partial charge in [0.05, 0.1) is 5.25 Å². The first-order valence-electron chi connectivity index (χ1n) is 7.22. The number of amides is 3. The molecule has 0 aliphatic carbocycles. The molecule has 1 atom stereocenters. The first-order valence-corrected chi connectivity index (χ1v) is 9.91. The molecule has 120 valence electrons. The Morgan fingerprint density at radius 1 is 1.29 bits per heavy atom. The quantitative estimate of drug-likeness (QED) is 0.485. The average molecular weight is 332 g/mol. The summed E-state index contributed by atoms with van der Waals surface area (Å²) < 4.78 is 0. The number of carbonyl (C=O) groups is 3. The Bertz CT molecular complexity index is 377. The Hall–Kier alpha value is -0.690. The molecular formula is C14H24N2O3S2. The zero-order chi connectivity index (χ0) is 15.7. The van der Waals surface area contributed by atoms with E-state index in [0.29, 0.717) is 25.9 Å². The summed E-state index contributed by atoms with van der Waals surface area (Å²) in [5.41, 5.74) is 0. The van der Waals surface area contributed by atoms with E-state index in [1.54, 1.807) is 11.8 Å². The Kier molecular flexibility index (Phi) is 8.84. The summed E-state index contributed by atoms with van der Waals surface area (Å²) >= 11 is 3.11. The van der Waals surface area contributed by atoms with Gasteiger partial charge in [-0.1, -0.05) is 0 Å². The largest absolute Gasteiger partial charge is 0.356 e.